The lowest BCUT2D eigenvalue weighted by molar-refractivity contribution is -0.121. The molecule has 1 aromatic carbocycles. The summed E-state index contributed by atoms with van der Waals surface area (Å²) in [5.74, 6) is 1.84. The molecule has 0 aliphatic carbocycles. The van der Waals surface area contributed by atoms with Gasteiger partial charge < -0.3 is 30.2 Å². The van der Waals surface area contributed by atoms with Crippen molar-refractivity contribution in [3.63, 3.8) is 0 Å². The van der Waals surface area contributed by atoms with Crippen LogP contribution in [-0.2, 0) is 9.53 Å². The third-order valence-corrected chi connectivity index (χ3v) is 4.43. The van der Waals surface area contributed by atoms with Gasteiger partial charge in [0.05, 0.1) is 19.3 Å². The van der Waals surface area contributed by atoms with Gasteiger partial charge in [0, 0.05) is 36.9 Å². The summed E-state index contributed by atoms with van der Waals surface area (Å²) in [7, 11) is 0. The zero-order valence-electron chi connectivity index (χ0n) is 18.0. The van der Waals surface area contributed by atoms with Crippen molar-refractivity contribution < 1.29 is 19.0 Å². The van der Waals surface area contributed by atoms with Crippen molar-refractivity contribution in [2.24, 2.45) is 4.99 Å². The molecule has 0 saturated carbocycles. The monoisotopic (exact) mass is 532 g/mol. The molecule has 1 saturated heterocycles. The van der Waals surface area contributed by atoms with Gasteiger partial charge in [0.25, 0.3) is 0 Å². The topological polar surface area (TPSA) is 93.2 Å². The number of fused-ring (bicyclic) bond motifs is 1. The highest BCUT2D eigenvalue weighted by atomic mass is 127. The second kappa shape index (κ2) is 11.6. The van der Waals surface area contributed by atoms with Crippen molar-refractivity contribution in [3.05, 3.63) is 18.2 Å². The molecule has 1 aromatic rings. The standard InChI is InChI=1S/C21H32N4O4.HI/c1-21(2,3)25-19(26)14-23-20(22-13-16-6-4-9-27-16)24-15-7-8-17-18(12-15)29-11-5-10-28-17;/h7-8,12,16H,4-6,9-11,13-14H2,1-3H3,(H,25,26)(H2,22,23,24);1H. The Balaban J connectivity index is 0.00000320. The minimum absolute atomic E-state index is 0. The number of ether oxygens (including phenoxy) is 3. The average molecular weight is 532 g/mol. The Morgan fingerprint density at radius 1 is 1.13 bits per heavy atom. The highest BCUT2D eigenvalue weighted by molar-refractivity contribution is 14.0. The Morgan fingerprint density at radius 2 is 1.90 bits per heavy atom. The van der Waals surface area contributed by atoms with E-state index in [0.717, 1.165) is 37.3 Å². The smallest absolute Gasteiger partial charge is 0.242 e. The van der Waals surface area contributed by atoms with Crippen molar-refractivity contribution >= 4 is 41.5 Å². The number of nitrogens with one attached hydrogen (secondary N) is 3. The summed E-state index contributed by atoms with van der Waals surface area (Å²) in [6.45, 7) is 8.58. The Morgan fingerprint density at radius 3 is 2.60 bits per heavy atom. The maximum atomic E-state index is 12.2. The van der Waals surface area contributed by atoms with Crippen LogP contribution in [0.4, 0.5) is 5.69 Å². The zero-order chi connectivity index (χ0) is 20.7. The number of anilines is 1. The average Bonchev–Trinajstić information content (AvgIpc) is 3.06. The Hall–Kier alpha value is -1.75. The first-order valence-corrected chi connectivity index (χ1v) is 10.3. The second-order valence-corrected chi connectivity index (χ2v) is 8.32. The van der Waals surface area contributed by atoms with Gasteiger partial charge >= 0.3 is 0 Å². The molecule has 1 unspecified atom stereocenters. The number of aliphatic imine (C=N–C) groups is 1. The lowest BCUT2D eigenvalue weighted by Crippen LogP contribution is -2.43. The molecule has 0 bridgehead atoms. The van der Waals surface area contributed by atoms with Crippen LogP contribution in [0.15, 0.2) is 23.2 Å². The predicted octanol–water partition coefficient (Wildman–Crippen LogP) is 2.92. The van der Waals surface area contributed by atoms with Crippen molar-refractivity contribution in [3.8, 4) is 11.5 Å². The lowest BCUT2D eigenvalue weighted by Gasteiger charge is -2.20. The third kappa shape index (κ3) is 8.17. The van der Waals surface area contributed by atoms with Gasteiger partial charge in [-0.05, 0) is 45.7 Å². The van der Waals surface area contributed by atoms with Gasteiger partial charge in [0.2, 0.25) is 5.91 Å². The van der Waals surface area contributed by atoms with Crippen LogP contribution in [0, 0.1) is 0 Å². The molecule has 3 rings (SSSR count). The molecular weight excluding hydrogens is 499 g/mol. The SMILES string of the molecule is CC(C)(C)NC(=O)CN=C(NCC1CCCO1)Nc1ccc2c(c1)OCCCO2.I. The quantitative estimate of drug-likeness (QED) is 0.307. The molecule has 0 aromatic heterocycles. The highest BCUT2D eigenvalue weighted by Gasteiger charge is 2.17. The van der Waals surface area contributed by atoms with E-state index in [1.807, 2.05) is 39.0 Å². The number of halogens is 1. The van der Waals surface area contributed by atoms with Crippen molar-refractivity contribution in [1.29, 1.82) is 0 Å². The number of guanidine groups is 1. The third-order valence-electron chi connectivity index (χ3n) is 4.43. The fourth-order valence-corrected chi connectivity index (χ4v) is 3.14. The summed E-state index contributed by atoms with van der Waals surface area (Å²) in [6.07, 6.45) is 3.11. The van der Waals surface area contributed by atoms with Gasteiger partial charge in [-0.2, -0.15) is 0 Å². The molecule has 0 radical (unpaired) electrons. The molecule has 8 nitrogen and oxygen atoms in total. The Bertz CT molecular complexity index is 730. The molecule has 1 atom stereocenters. The second-order valence-electron chi connectivity index (χ2n) is 8.32. The van der Waals surface area contributed by atoms with Crippen LogP contribution in [0.3, 0.4) is 0 Å². The van der Waals surface area contributed by atoms with E-state index in [-0.39, 0.29) is 48.1 Å². The molecule has 2 heterocycles. The van der Waals surface area contributed by atoms with Crippen LogP contribution in [0.5, 0.6) is 11.5 Å². The van der Waals surface area contributed by atoms with Gasteiger partial charge in [0.1, 0.15) is 6.54 Å². The van der Waals surface area contributed by atoms with Crippen molar-refractivity contribution in [1.82, 2.24) is 10.6 Å². The van der Waals surface area contributed by atoms with Crippen LogP contribution in [-0.4, -0.2) is 56.4 Å². The lowest BCUT2D eigenvalue weighted by atomic mass is 10.1. The summed E-state index contributed by atoms with van der Waals surface area (Å²) in [4.78, 5) is 16.6. The molecule has 2 aliphatic heterocycles. The number of rotatable bonds is 5. The van der Waals surface area contributed by atoms with E-state index in [4.69, 9.17) is 14.2 Å². The normalized spacial score (nSPS) is 18.8. The zero-order valence-corrected chi connectivity index (χ0v) is 20.3. The largest absolute Gasteiger partial charge is 0.490 e. The van der Waals surface area contributed by atoms with Crippen LogP contribution >= 0.6 is 24.0 Å². The number of carbonyl (C=O) groups is 1. The fourth-order valence-electron chi connectivity index (χ4n) is 3.14. The van der Waals surface area contributed by atoms with E-state index >= 15 is 0 Å². The maximum absolute atomic E-state index is 12.2. The molecule has 1 amide bonds. The first-order chi connectivity index (χ1) is 13.9. The number of benzene rings is 1. The van der Waals surface area contributed by atoms with Gasteiger partial charge in [-0.15, -0.1) is 24.0 Å². The molecule has 2 aliphatic rings. The molecule has 3 N–H and O–H groups in total. The van der Waals surface area contributed by atoms with E-state index in [0.29, 0.717) is 31.5 Å². The molecule has 1 fully saturated rings. The highest BCUT2D eigenvalue weighted by Crippen LogP contribution is 2.32. The molecule has 0 spiro atoms. The first-order valence-electron chi connectivity index (χ1n) is 10.3. The molecule has 168 valence electrons. The van der Waals surface area contributed by atoms with Crippen molar-refractivity contribution in [2.75, 3.05) is 38.2 Å². The van der Waals surface area contributed by atoms with Crippen LogP contribution in [0.2, 0.25) is 0 Å². The van der Waals surface area contributed by atoms with Gasteiger partial charge in [-0.3, -0.25) is 4.79 Å². The van der Waals surface area contributed by atoms with Crippen LogP contribution < -0.4 is 25.4 Å². The number of hydrogen-bond donors (Lipinski definition) is 3. The van der Waals surface area contributed by atoms with E-state index < -0.39 is 0 Å². The fraction of sp³-hybridized carbons (Fsp3) is 0.619. The van der Waals surface area contributed by atoms with E-state index in [9.17, 15) is 4.79 Å². The predicted molar refractivity (Wildman–Crippen MR) is 128 cm³/mol. The van der Waals surface area contributed by atoms with Gasteiger partial charge in [-0.1, -0.05) is 0 Å². The summed E-state index contributed by atoms with van der Waals surface area (Å²) >= 11 is 0. The number of nitrogens with zero attached hydrogens (tertiary/aromatic N) is 1. The first kappa shape index (κ1) is 24.5. The molecule has 9 heteroatoms. The van der Waals surface area contributed by atoms with Crippen molar-refractivity contribution in [2.45, 2.75) is 51.7 Å². The minimum Gasteiger partial charge on any atom is -0.490 e. The van der Waals surface area contributed by atoms with Crippen LogP contribution in [0.25, 0.3) is 0 Å². The van der Waals surface area contributed by atoms with Gasteiger partial charge in [0.15, 0.2) is 17.5 Å². The summed E-state index contributed by atoms with van der Waals surface area (Å²) < 4.78 is 17.1. The number of amides is 1. The summed E-state index contributed by atoms with van der Waals surface area (Å²) in [5, 5.41) is 9.46. The Kier molecular flexibility index (Phi) is 9.47. The maximum Gasteiger partial charge on any atom is 0.242 e. The van der Waals surface area contributed by atoms with Gasteiger partial charge in [-0.25, -0.2) is 4.99 Å². The van der Waals surface area contributed by atoms with E-state index in [1.54, 1.807) is 0 Å². The minimum atomic E-state index is -0.292. The molecular formula is C21H33IN4O4. The number of hydrogen-bond acceptors (Lipinski definition) is 5. The van der Waals surface area contributed by atoms with E-state index in [2.05, 4.69) is 20.9 Å². The molecule has 30 heavy (non-hydrogen) atoms. The summed E-state index contributed by atoms with van der Waals surface area (Å²) in [5.41, 5.74) is 0.517. The Labute approximate surface area is 195 Å². The summed E-state index contributed by atoms with van der Waals surface area (Å²) in [6, 6.07) is 5.68. The van der Waals surface area contributed by atoms with Crippen LogP contribution in [0.1, 0.15) is 40.0 Å². The number of carbonyl (C=O) groups excluding carboxylic acids is 1. The van der Waals surface area contributed by atoms with E-state index in [1.165, 1.54) is 0 Å².